The summed E-state index contributed by atoms with van der Waals surface area (Å²) in [5, 5.41) is 0.894. The lowest BCUT2D eigenvalue weighted by Crippen LogP contribution is -2.39. The van der Waals surface area contributed by atoms with E-state index in [4.69, 9.17) is 27.9 Å². The Hall–Kier alpha value is -2.59. The zero-order valence-corrected chi connectivity index (χ0v) is 19.9. The summed E-state index contributed by atoms with van der Waals surface area (Å²) in [5.74, 6) is 0.644. The van der Waals surface area contributed by atoms with Crippen molar-refractivity contribution in [2.24, 2.45) is 7.05 Å². The van der Waals surface area contributed by atoms with E-state index >= 15 is 0 Å². The number of ether oxygens (including phenoxy) is 1. The second kappa shape index (κ2) is 8.64. The predicted molar refractivity (Wildman–Crippen MR) is 128 cm³/mol. The van der Waals surface area contributed by atoms with Crippen molar-refractivity contribution >= 4 is 40.1 Å². The van der Waals surface area contributed by atoms with Crippen LogP contribution in [0, 0.1) is 6.92 Å². The molecule has 4 heterocycles. The molecule has 5 rings (SSSR count). The van der Waals surface area contributed by atoms with Gasteiger partial charge in [-0.15, -0.1) is 0 Å². The molecule has 1 saturated heterocycles. The molecule has 0 saturated carbocycles. The molecule has 0 atom stereocenters. The molecule has 3 aromatic heterocycles. The summed E-state index contributed by atoms with van der Waals surface area (Å²) >= 11 is 12.3. The van der Waals surface area contributed by atoms with E-state index in [9.17, 15) is 9.59 Å². The molecule has 9 nitrogen and oxygen atoms in total. The summed E-state index contributed by atoms with van der Waals surface area (Å²) in [7, 11) is 1.63. The van der Waals surface area contributed by atoms with Crippen LogP contribution < -0.4 is 11.2 Å². The molecular weight excluding hydrogens is 467 g/mol. The molecule has 0 amide bonds. The largest absolute Gasteiger partial charge is 0.379 e. The average Bonchev–Trinajstić information content (AvgIpc) is 3.30. The second-order valence-corrected chi connectivity index (χ2v) is 9.14. The molecule has 0 unspecified atom stereocenters. The zero-order chi connectivity index (χ0) is 23.3. The van der Waals surface area contributed by atoms with Crippen LogP contribution in [0.15, 0.2) is 34.0 Å². The number of imidazole rings is 2. The van der Waals surface area contributed by atoms with Crippen LogP contribution in [0.1, 0.15) is 11.3 Å². The number of hydrogen-bond donors (Lipinski definition) is 0. The van der Waals surface area contributed by atoms with Gasteiger partial charge in [-0.1, -0.05) is 29.3 Å². The van der Waals surface area contributed by atoms with Gasteiger partial charge in [-0.2, -0.15) is 4.98 Å². The topological polar surface area (TPSA) is 78.7 Å². The summed E-state index contributed by atoms with van der Waals surface area (Å²) < 4.78 is 11.9. The highest BCUT2D eigenvalue weighted by molar-refractivity contribution is 6.35. The number of halogens is 2. The highest BCUT2D eigenvalue weighted by atomic mass is 35.5. The van der Waals surface area contributed by atoms with Crippen LogP contribution >= 0.6 is 23.2 Å². The maximum Gasteiger partial charge on any atom is 0.332 e. The fourth-order valence-electron chi connectivity index (χ4n) is 4.36. The van der Waals surface area contributed by atoms with Crippen LogP contribution in [0.3, 0.4) is 0 Å². The number of aromatic nitrogens is 5. The number of fused-ring (bicyclic) bond motifs is 3. The van der Waals surface area contributed by atoms with Gasteiger partial charge >= 0.3 is 5.69 Å². The van der Waals surface area contributed by atoms with Gasteiger partial charge in [-0.25, -0.2) is 4.79 Å². The van der Waals surface area contributed by atoms with Gasteiger partial charge in [0, 0.05) is 55.2 Å². The summed E-state index contributed by atoms with van der Waals surface area (Å²) in [5.41, 5.74) is 1.50. The molecule has 4 aromatic rings. The maximum atomic E-state index is 13.5. The van der Waals surface area contributed by atoms with Crippen molar-refractivity contribution < 1.29 is 4.74 Å². The van der Waals surface area contributed by atoms with Crippen LogP contribution in [0.2, 0.25) is 10.0 Å². The summed E-state index contributed by atoms with van der Waals surface area (Å²) in [6.45, 7) is 6.91. The fourth-order valence-corrected chi connectivity index (χ4v) is 4.83. The first-order chi connectivity index (χ1) is 15.8. The predicted octanol–water partition coefficient (Wildman–Crippen LogP) is 2.15. The standard InChI is InChI=1S/C22H24Cl2N6O3/c1-14-12-29-18-19(25-21(29)28(14)6-5-27-7-9-33-10-8-27)26(2)22(32)30(20(18)31)13-15-3-4-16(23)11-17(15)24/h3-4,11-12H,5-10,13H2,1-2H3. The molecule has 0 bridgehead atoms. The third-order valence-corrected chi connectivity index (χ3v) is 6.81. The van der Waals surface area contributed by atoms with Crippen LogP contribution in [0.25, 0.3) is 16.9 Å². The summed E-state index contributed by atoms with van der Waals surface area (Å²) in [6.07, 6.45) is 1.90. The van der Waals surface area contributed by atoms with Crippen molar-refractivity contribution in [3.8, 4) is 0 Å². The van der Waals surface area contributed by atoms with E-state index in [2.05, 4.69) is 14.5 Å². The van der Waals surface area contributed by atoms with Crippen LogP contribution in [-0.2, 0) is 24.9 Å². The lowest BCUT2D eigenvalue weighted by atomic mass is 10.2. The van der Waals surface area contributed by atoms with Crippen molar-refractivity contribution in [2.45, 2.75) is 20.0 Å². The smallest absolute Gasteiger partial charge is 0.332 e. The minimum absolute atomic E-state index is 0.0431. The molecule has 1 aliphatic rings. The van der Waals surface area contributed by atoms with E-state index in [0.717, 1.165) is 45.1 Å². The molecule has 33 heavy (non-hydrogen) atoms. The van der Waals surface area contributed by atoms with Gasteiger partial charge in [0.25, 0.3) is 5.56 Å². The summed E-state index contributed by atoms with van der Waals surface area (Å²) in [4.78, 5) is 33.6. The molecule has 0 N–H and O–H groups in total. The Morgan fingerprint density at radius 2 is 1.85 bits per heavy atom. The minimum Gasteiger partial charge on any atom is -0.379 e. The first kappa shape index (κ1) is 22.2. The van der Waals surface area contributed by atoms with E-state index in [1.54, 1.807) is 29.6 Å². The second-order valence-electron chi connectivity index (χ2n) is 8.30. The van der Waals surface area contributed by atoms with Gasteiger partial charge < -0.3 is 9.30 Å². The molecular formula is C22H24Cl2N6O3. The number of rotatable bonds is 5. The van der Waals surface area contributed by atoms with Crippen LogP contribution in [0.4, 0.5) is 0 Å². The molecule has 1 aliphatic heterocycles. The molecule has 1 aromatic carbocycles. The van der Waals surface area contributed by atoms with E-state index in [-0.39, 0.29) is 6.54 Å². The first-order valence-electron chi connectivity index (χ1n) is 10.8. The number of hydrogen-bond acceptors (Lipinski definition) is 5. The van der Waals surface area contributed by atoms with Gasteiger partial charge in [-0.3, -0.25) is 23.2 Å². The van der Waals surface area contributed by atoms with Gasteiger partial charge in [0.2, 0.25) is 5.78 Å². The molecule has 11 heteroatoms. The fraction of sp³-hybridized carbons (Fsp3) is 0.409. The Kier molecular flexibility index (Phi) is 5.82. The van der Waals surface area contributed by atoms with Gasteiger partial charge in [0.1, 0.15) is 0 Å². The monoisotopic (exact) mass is 490 g/mol. The van der Waals surface area contributed by atoms with Gasteiger partial charge in [0.15, 0.2) is 11.2 Å². The highest BCUT2D eigenvalue weighted by Crippen LogP contribution is 2.22. The normalized spacial score (nSPS) is 15.2. The number of benzene rings is 1. The molecule has 0 radical (unpaired) electrons. The van der Waals surface area contributed by atoms with Crippen LogP contribution in [-0.4, -0.2) is 60.8 Å². The highest BCUT2D eigenvalue weighted by Gasteiger charge is 2.21. The lowest BCUT2D eigenvalue weighted by molar-refractivity contribution is 0.0364. The van der Waals surface area contributed by atoms with E-state index in [1.807, 2.05) is 13.1 Å². The molecule has 1 fully saturated rings. The Labute approximate surface area is 199 Å². The summed E-state index contributed by atoms with van der Waals surface area (Å²) in [6, 6.07) is 5.01. The molecule has 0 spiro atoms. The van der Waals surface area contributed by atoms with Crippen molar-refractivity contribution in [3.05, 3.63) is 66.5 Å². The quantitative estimate of drug-likeness (QED) is 0.428. The SMILES string of the molecule is Cc1cn2c3c(=O)n(Cc4ccc(Cl)cc4Cl)c(=O)n(C)c3nc2n1CCN1CCOCC1. The number of nitrogens with zero attached hydrogens (tertiary/aromatic N) is 6. The number of aryl methyl sites for hydroxylation is 2. The first-order valence-corrected chi connectivity index (χ1v) is 11.5. The Morgan fingerprint density at radius 1 is 1.09 bits per heavy atom. The molecule has 0 aliphatic carbocycles. The van der Waals surface area contributed by atoms with Crippen molar-refractivity contribution in [1.29, 1.82) is 0 Å². The van der Waals surface area contributed by atoms with Gasteiger partial charge in [0.05, 0.1) is 19.8 Å². The zero-order valence-electron chi connectivity index (χ0n) is 18.4. The third kappa shape index (κ3) is 3.89. The Bertz CT molecular complexity index is 1480. The minimum atomic E-state index is -0.448. The van der Waals surface area contributed by atoms with Crippen LogP contribution in [0.5, 0.6) is 0 Å². The van der Waals surface area contributed by atoms with Crippen molar-refractivity contribution in [1.82, 2.24) is 28.0 Å². The van der Waals surface area contributed by atoms with E-state index < -0.39 is 11.2 Å². The van der Waals surface area contributed by atoms with Crippen molar-refractivity contribution in [3.63, 3.8) is 0 Å². The van der Waals surface area contributed by atoms with Crippen molar-refractivity contribution in [2.75, 3.05) is 32.8 Å². The third-order valence-electron chi connectivity index (χ3n) is 6.23. The Balaban J connectivity index is 1.59. The molecule has 174 valence electrons. The lowest BCUT2D eigenvalue weighted by Gasteiger charge is -2.26. The van der Waals surface area contributed by atoms with E-state index in [0.29, 0.717) is 32.6 Å². The number of morpholine rings is 1. The van der Waals surface area contributed by atoms with Gasteiger partial charge in [-0.05, 0) is 24.6 Å². The Morgan fingerprint density at radius 3 is 2.58 bits per heavy atom. The maximum absolute atomic E-state index is 13.5. The van der Waals surface area contributed by atoms with E-state index in [1.165, 1.54) is 9.13 Å². The average molecular weight is 491 g/mol.